The molecule has 0 atom stereocenters. The molecule has 1 saturated heterocycles. The molecule has 3 rings (SSSR count). The lowest BCUT2D eigenvalue weighted by Crippen LogP contribution is -2.27. The lowest BCUT2D eigenvalue weighted by Gasteiger charge is -2.24. The predicted octanol–water partition coefficient (Wildman–Crippen LogP) is 2.05. The number of aryl methyl sites for hydroxylation is 1. The SMILES string of the molecule is COc1nc2ccn(C)c2cc1C1CCNCC1. The van der Waals surface area contributed by atoms with Crippen molar-refractivity contribution in [2.45, 2.75) is 18.8 Å². The van der Waals surface area contributed by atoms with Crippen molar-refractivity contribution in [2.75, 3.05) is 20.2 Å². The zero-order valence-electron chi connectivity index (χ0n) is 10.9. The van der Waals surface area contributed by atoms with Crippen LogP contribution in [-0.4, -0.2) is 29.8 Å². The largest absolute Gasteiger partial charge is 0.481 e. The summed E-state index contributed by atoms with van der Waals surface area (Å²) in [6.07, 6.45) is 4.37. The fraction of sp³-hybridized carbons (Fsp3) is 0.500. The van der Waals surface area contributed by atoms with Crippen molar-refractivity contribution in [1.82, 2.24) is 14.9 Å². The van der Waals surface area contributed by atoms with Crippen LogP contribution in [-0.2, 0) is 7.05 Å². The average molecular weight is 245 g/mol. The van der Waals surface area contributed by atoms with Crippen LogP contribution in [0.2, 0.25) is 0 Å². The molecule has 0 spiro atoms. The van der Waals surface area contributed by atoms with Crippen LogP contribution in [0.1, 0.15) is 24.3 Å². The van der Waals surface area contributed by atoms with Crippen LogP contribution in [0, 0.1) is 0 Å². The molecule has 0 bridgehead atoms. The van der Waals surface area contributed by atoms with Crippen LogP contribution in [0.3, 0.4) is 0 Å². The molecule has 18 heavy (non-hydrogen) atoms. The molecule has 0 unspecified atom stereocenters. The second-order valence-corrected chi connectivity index (χ2v) is 4.94. The normalized spacial score (nSPS) is 17.2. The van der Waals surface area contributed by atoms with Gasteiger partial charge in [-0.1, -0.05) is 0 Å². The molecule has 1 fully saturated rings. The molecule has 0 radical (unpaired) electrons. The molecule has 2 aromatic heterocycles. The molecule has 3 heterocycles. The van der Waals surface area contributed by atoms with Crippen LogP contribution >= 0.6 is 0 Å². The summed E-state index contributed by atoms with van der Waals surface area (Å²) in [6.45, 7) is 2.16. The summed E-state index contributed by atoms with van der Waals surface area (Å²) in [6, 6.07) is 4.28. The molecule has 4 nitrogen and oxygen atoms in total. The molecule has 0 amide bonds. The van der Waals surface area contributed by atoms with E-state index in [-0.39, 0.29) is 0 Å². The first-order valence-corrected chi connectivity index (χ1v) is 6.50. The average Bonchev–Trinajstić information content (AvgIpc) is 2.79. The maximum atomic E-state index is 5.48. The first-order chi connectivity index (χ1) is 8.79. The van der Waals surface area contributed by atoms with Crippen LogP contribution in [0.15, 0.2) is 18.3 Å². The molecule has 2 aromatic rings. The van der Waals surface area contributed by atoms with E-state index in [4.69, 9.17) is 4.74 Å². The molecule has 0 aromatic carbocycles. The van der Waals surface area contributed by atoms with Crippen molar-refractivity contribution in [1.29, 1.82) is 0 Å². The van der Waals surface area contributed by atoms with Gasteiger partial charge < -0.3 is 14.6 Å². The molecule has 1 N–H and O–H groups in total. The maximum Gasteiger partial charge on any atom is 0.217 e. The monoisotopic (exact) mass is 245 g/mol. The second kappa shape index (κ2) is 4.61. The van der Waals surface area contributed by atoms with Crippen molar-refractivity contribution in [2.24, 2.45) is 7.05 Å². The van der Waals surface area contributed by atoms with Gasteiger partial charge in [0.2, 0.25) is 5.88 Å². The Labute approximate surface area is 107 Å². The highest BCUT2D eigenvalue weighted by atomic mass is 16.5. The summed E-state index contributed by atoms with van der Waals surface area (Å²) in [5, 5.41) is 3.40. The van der Waals surface area contributed by atoms with Gasteiger partial charge in [0, 0.05) is 18.8 Å². The minimum atomic E-state index is 0.563. The molecule has 4 heteroatoms. The minimum absolute atomic E-state index is 0.563. The number of hydrogen-bond acceptors (Lipinski definition) is 3. The molecule has 1 aliphatic heterocycles. The van der Waals surface area contributed by atoms with Crippen LogP contribution in [0.5, 0.6) is 5.88 Å². The Bertz CT molecular complexity index is 555. The Hall–Kier alpha value is -1.55. The third kappa shape index (κ3) is 1.86. The molecular weight excluding hydrogens is 226 g/mol. The van der Waals surface area contributed by atoms with E-state index < -0.39 is 0 Å². The van der Waals surface area contributed by atoms with Crippen LogP contribution in [0.4, 0.5) is 0 Å². The predicted molar refractivity (Wildman–Crippen MR) is 72.1 cm³/mol. The lowest BCUT2D eigenvalue weighted by atomic mass is 9.90. The van der Waals surface area contributed by atoms with E-state index in [1.807, 2.05) is 12.3 Å². The Morgan fingerprint density at radius 2 is 2.17 bits per heavy atom. The fourth-order valence-electron chi connectivity index (χ4n) is 2.77. The van der Waals surface area contributed by atoms with Crippen LogP contribution in [0.25, 0.3) is 11.0 Å². The zero-order chi connectivity index (χ0) is 12.5. The van der Waals surface area contributed by atoms with Gasteiger partial charge >= 0.3 is 0 Å². The summed E-state index contributed by atoms with van der Waals surface area (Å²) >= 11 is 0. The van der Waals surface area contributed by atoms with Crippen molar-refractivity contribution in [3.8, 4) is 5.88 Å². The topological polar surface area (TPSA) is 39.1 Å². The highest BCUT2D eigenvalue weighted by Gasteiger charge is 2.21. The number of fused-ring (bicyclic) bond motifs is 1. The van der Waals surface area contributed by atoms with E-state index in [2.05, 4.69) is 28.0 Å². The summed E-state index contributed by atoms with van der Waals surface area (Å²) in [7, 11) is 3.77. The minimum Gasteiger partial charge on any atom is -0.481 e. The van der Waals surface area contributed by atoms with Crippen molar-refractivity contribution < 1.29 is 4.74 Å². The van der Waals surface area contributed by atoms with Gasteiger partial charge in [-0.25, -0.2) is 4.98 Å². The molecule has 96 valence electrons. The van der Waals surface area contributed by atoms with E-state index in [0.717, 1.165) is 37.3 Å². The van der Waals surface area contributed by atoms with Gasteiger partial charge in [-0.2, -0.15) is 0 Å². The van der Waals surface area contributed by atoms with E-state index >= 15 is 0 Å². The summed E-state index contributed by atoms with van der Waals surface area (Å²) in [5.74, 6) is 1.36. The number of rotatable bonds is 2. The van der Waals surface area contributed by atoms with Gasteiger partial charge in [-0.15, -0.1) is 0 Å². The Kier molecular flexibility index (Phi) is 2.96. The zero-order valence-corrected chi connectivity index (χ0v) is 10.9. The molecule has 0 aliphatic carbocycles. The maximum absolute atomic E-state index is 5.48. The van der Waals surface area contributed by atoms with Crippen molar-refractivity contribution in [3.05, 3.63) is 23.9 Å². The number of hydrogen-bond donors (Lipinski definition) is 1. The first-order valence-electron chi connectivity index (χ1n) is 6.50. The third-order valence-electron chi connectivity index (χ3n) is 3.83. The van der Waals surface area contributed by atoms with Gasteiger partial charge in [0.25, 0.3) is 0 Å². The van der Waals surface area contributed by atoms with Crippen molar-refractivity contribution >= 4 is 11.0 Å². The Morgan fingerprint density at radius 3 is 2.89 bits per heavy atom. The summed E-state index contributed by atoms with van der Waals surface area (Å²) < 4.78 is 7.59. The van der Waals surface area contributed by atoms with Gasteiger partial charge in [0.05, 0.1) is 18.1 Å². The number of pyridine rings is 1. The molecule has 1 aliphatic rings. The quantitative estimate of drug-likeness (QED) is 0.880. The van der Waals surface area contributed by atoms with Gasteiger partial charge in [-0.05, 0) is 44.0 Å². The lowest BCUT2D eigenvalue weighted by molar-refractivity contribution is 0.378. The Balaban J connectivity index is 2.09. The van der Waals surface area contributed by atoms with Gasteiger partial charge in [-0.3, -0.25) is 0 Å². The van der Waals surface area contributed by atoms with Crippen LogP contribution < -0.4 is 10.1 Å². The highest BCUT2D eigenvalue weighted by Crippen LogP contribution is 2.33. The summed E-state index contributed by atoms with van der Waals surface area (Å²) in [5.41, 5.74) is 3.45. The number of methoxy groups -OCH3 is 1. The standard InChI is InChI=1S/C14H19N3O/c1-17-8-5-12-13(17)9-11(14(16-12)18-2)10-3-6-15-7-4-10/h5,8-10,15H,3-4,6-7H2,1-2H3. The smallest absolute Gasteiger partial charge is 0.217 e. The van der Waals surface area contributed by atoms with E-state index in [9.17, 15) is 0 Å². The number of nitrogens with zero attached hydrogens (tertiary/aromatic N) is 2. The number of ether oxygens (including phenoxy) is 1. The van der Waals surface area contributed by atoms with Gasteiger partial charge in [0.15, 0.2) is 0 Å². The fourth-order valence-corrected chi connectivity index (χ4v) is 2.77. The van der Waals surface area contributed by atoms with Gasteiger partial charge in [0.1, 0.15) is 0 Å². The van der Waals surface area contributed by atoms with Crippen molar-refractivity contribution in [3.63, 3.8) is 0 Å². The number of piperidine rings is 1. The third-order valence-corrected chi connectivity index (χ3v) is 3.83. The molecule has 0 saturated carbocycles. The number of aromatic nitrogens is 2. The van der Waals surface area contributed by atoms with E-state index in [1.54, 1.807) is 7.11 Å². The van der Waals surface area contributed by atoms with E-state index in [1.165, 1.54) is 11.1 Å². The summed E-state index contributed by atoms with van der Waals surface area (Å²) in [4.78, 5) is 4.63. The number of nitrogens with one attached hydrogen (secondary N) is 1. The second-order valence-electron chi connectivity index (χ2n) is 4.94. The van der Waals surface area contributed by atoms with E-state index in [0.29, 0.717) is 5.92 Å². The first kappa shape index (κ1) is 11.5. The molecular formula is C14H19N3O. The highest BCUT2D eigenvalue weighted by molar-refractivity contribution is 5.77. The Morgan fingerprint density at radius 1 is 1.39 bits per heavy atom.